The van der Waals surface area contributed by atoms with Gasteiger partial charge in [0.15, 0.2) is 6.10 Å². The molecule has 0 spiro atoms. The van der Waals surface area contributed by atoms with E-state index in [1.54, 1.807) is 38.1 Å². The van der Waals surface area contributed by atoms with Crippen molar-refractivity contribution in [3.63, 3.8) is 0 Å². The van der Waals surface area contributed by atoms with Crippen molar-refractivity contribution in [2.75, 3.05) is 6.61 Å². The van der Waals surface area contributed by atoms with E-state index < -0.39 is 12.1 Å². The van der Waals surface area contributed by atoms with Crippen molar-refractivity contribution in [2.24, 2.45) is 5.10 Å². The van der Waals surface area contributed by atoms with E-state index in [0.29, 0.717) is 44.0 Å². The van der Waals surface area contributed by atoms with Gasteiger partial charge >= 0.3 is 5.97 Å². The van der Waals surface area contributed by atoms with E-state index in [1.165, 1.54) is 10.9 Å². The van der Waals surface area contributed by atoms with Crippen LogP contribution in [0.3, 0.4) is 0 Å². The Hall–Kier alpha value is -2.23. The second-order valence-corrected chi connectivity index (χ2v) is 8.93. The lowest BCUT2D eigenvalue weighted by Crippen LogP contribution is -2.26. The van der Waals surface area contributed by atoms with E-state index in [0.717, 1.165) is 4.47 Å². The van der Waals surface area contributed by atoms with Gasteiger partial charge in [0.25, 0.3) is 5.56 Å². The van der Waals surface area contributed by atoms with Crippen molar-refractivity contribution in [3.05, 3.63) is 66.0 Å². The maximum absolute atomic E-state index is 13.1. The van der Waals surface area contributed by atoms with E-state index in [9.17, 15) is 9.59 Å². The molecule has 0 saturated heterocycles. The molecule has 168 valence electrons. The van der Waals surface area contributed by atoms with Crippen LogP contribution in [0.15, 0.2) is 49.2 Å². The Kier molecular flexibility index (Phi) is 8.08. The van der Waals surface area contributed by atoms with Gasteiger partial charge in [-0.05, 0) is 60.1 Å². The Morgan fingerprint density at radius 1 is 1.28 bits per heavy atom. The van der Waals surface area contributed by atoms with Crippen LogP contribution in [-0.4, -0.2) is 34.6 Å². The number of carbonyl (C=O) groups excluding carboxylic acids is 1. The van der Waals surface area contributed by atoms with Gasteiger partial charge in [0.2, 0.25) is 0 Å². The molecule has 0 aliphatic carbocycles. The Morgan fingerprint density at radius 2 is 2.03 bits per heavy atom. The van der Waals surface area contributed by atoms with Crippen LogP contribution in [0.2, 0.25) is 5.02 Å². The molecule has 3 aromatic rings. The van der Waals surface area contributed by atoms with Gasteiger partial charge in [0.05, 0.1) is 28.2 Å². The summed E-state index contributed by atoms with van der Waals surface area (Å²) in [5, 5.41) is 5.25. The number of ether oxygens (including phenoxy) is 2. The van der Waals surface area contributed by atoms with E-state index in [-0.39, 0.29) is 12.2 Å². The minimum atomic E-state index is -0.854. The Labute approximate surface area is 206 Å². The lowest BCUT2D eigenvalue weighted by molar-refractivity contribution is -0.150. The zero-order valence-corrected chi connectivity index (χ0v) is 21.5. The van der Waals surface area contributed by atoms with Crippen molar-refractivity contribution in [3.8, 4) is 5.75 Å². The van der Waals surface area contributed by atoms with Crippen LogP contribution in [0.25, 0.3) is 10.9 Å². The number of nitrogens with zero attached hydrogens (tertiary/aromatic N) is 3. The molecule has 0 N–H and O–H groups in total. The number of rotatable bonds is 7. The Balaban J connectivity index is 2.08. The van der Waals surface area contributed by atoms with Gasteiger partial charge in [0, 0.05) is 21.5 Å². The number of aromatic nitrogens is 2. The Morgan fingerprint density at radius 3 is 2.72 bits per heavy atom. The summed E-state index contributed by atoms with van der Waals surface area (Å²) in [5.41, 5.74) is 0.774. The molecule has 0 bridgehead atoms. The SMILES string of the molecule is CCOC(=O)[C@@H](C)Oc1c(Br)cc(Cl)cc1C=Nn1c(CC)nc2ccc(Br)cc2c1=O. The maximum Gasteiger partial charge on any atom is 0.347 e. The predicted octanol–water partition coefficient (Wildman–Crippen LogP) is 5.35. The number of hydrogen-bond acceptors (Lipinski definition) is 6. The van der Waals surface area contributed by atoms with Gasteiger partial charge < -0.3 is 9.47 Å². The summed E-state index contributed by atoms with van der Waals surface area (Å²) in [6.07, 6.45) is 1.10. The van der Waals surface area contributed by atoms with Crippen LogP contribution >= 0.6 is 43.5 Å². The molecule has 0 unspecified atom stereocenters. The zero-order valence-electron chi connectivity index (χ0n) is 17.6. The van der Waals surface area contributed by atoms with Crippen LogP contribution in [0.1, 0.15) is 32.2 Å². The highest BCUT2D eigenvalue weighted by Crippen LogP contribution is 2.33. The van der Waals surface area contributed by atoms with Crippen molar-refractivity contribution < 1.29 is 14.3 Å². The number of esters is 1. The average Bonchev–Trinajstić information content (AvgIpc) is 2.75. The van der Waals surface area contributed by atoms with Crippen molar-refractivity contribution in [2.45, 2.75) is 33.3 Å². The summed E-state index contributed by atoms with van der Waals surface area (Å²) < 4.78 is 13.4. The maximum atomic E-state index is 13.1. The molecule has 7 nitrogen and oxygen atoms in total. The second-order valence-electron chi connectivity index (χ2n) is 6.72. The number of carbonyl (C=O) groups is 1. The fourth-order valence-electron chi connectivity index (χ4n) is 2.95. The van der Waals surface area contributed by atoms with Crippen molar-refractivity contribution in [1.82, 2.24) is 9.66 Å². The van der Waals surface area contributed by atoms with Gasteiger partial charge in [-0.2, -0.15) is 9.78 Å². The summed E-state index contributed by atoms with van der Waals surface area (Å²) in [4.78, 5) is 29.7. The molecule has 1 aromatic heterocycles. The molecule has 3 rings (SSSR count). The third-order valence-corrected chi connectivity index (χ3v) is 5.75. The lowest BCUT2D eigenvalue weighted by atomic mass is 10.2. The molecule has 1 heterocycles. The van der Waals surface area contributed by atoms with Crippen molar-refractivity contribution >= 4 is 66.5 Å². The molecule has 0 aliphatic heterocycles. The third kappa shape index (κ3) is 5.39. The molecular formula is C22H20Br2ClN3O4. The highest BCUT2D eigenvalue weighted by atomic mass is 79.9. The number of fused-ring (bicyclic) bond motifs is 1. The van der Waals surface area contributed by atoms with Crippen LogP contribution in [0, 0.1) is 0 Å². The molecule has 10 heteroatoms. The summed E-state index contributed by atoms with van der Waals surface area (Å²) in [7, 11) is 0. The lowest BCUT2D eigenvalue weighted by Gasteiger charge is -2.17. The molecule has 2 aromatic carbocycles. The first-order valence-electron chi connectivity index (χ1n) is 9.83. The average molecular weight is 586 g/mol. The molecule has 1 atom stereocenters. The molecule has 0 fully saturated rings. The molecule has 32 heavy (non-hydrogen) atoms. The standard InChI is InChI=1S/C22H20Br2ClN3O4/c1-4-19-27-18-7-6-14(23)9-16(18)21(29)28(19)26-11-13-8-15(25)10-17(24)20(13)32-12(3)22(30)31-5-2/h6-12H,4-5H2,1-3H3/t12-/m1/s1. The van der Waals surface area contributed by atoms with E-state index in [1.807, 2.05) is 13.0 Å². The topological polar surface area (TPSA) is 82.8 Å². The van der Waals surface area contributed by atoms with Gasteiger partial charge in [-0.25, -0.2) is 9.78 Å². The van der Waals surface area contributed by atoms with Crippen molar-refractivity contribution in [1.29, 1.82) is 0 Å². The highest BCUT2D eigenvalue weighted by Gasteiger charge is 2.20. The summed E-state index contributed by atoms with van der Waals surface area (Å²) in [6.45, 7) is 5.45. The normalized spacial score (nSPS) is 12.3. The summed E-state index contributed by atoms with van der Waals surface area (Å²) >= 11 is 13.0. The monoisotopic (exact) mass is 583 g/mol. The van der Waals surface area contributed by atoms with E-state index >= 15 is 0 Å². The quantitative estimate of drug-likeness (QED) is 0.276. The molecule has 0 saturated carbocycles. The minimum Gasteiger partial charge on any atom is -0.477 e. The fraction of sp³-hybridized carbons (Fsp3) is 0.273. The second kappa shape index (κ2) is 10.6. The number of hydrogen-bond donors (Lipinski definition) is 0. The molecule has 0 radical (unpaired) electrons. The van der Waals surface area contributed by atoms with E-state index in [2.05, 4.69) is 41.9 Å². The summed E-state index contributed by atoms with van der Waals surface area (Å²) in [6, 6.07) is 8.60. The predicted molar refractivity (Wildman–Crippen MR) is 132 cm³/mol. The smallest absolute Gasteiger partial charge is 0.347 e. The highest BCUT2D eigenvalue weighted by molar-refractivity contribution is 9.10. The van der Waals surface area contributed by atoms with E-state index in [4.69, 9.17) is 21.1 Å². The number of halogens is 3. The van der Waals surface area contributed by atoms with Crippen LogP contribution in [0.4, 0.5) is 0 Å². The van der Waals surface area contributed by atoms with Crippen LogP contribution in [-0.2, 0) is 16.0 Å². The van der Waals surface area contributed by atoms with Gasteiger partial charge in [-0.3, -0.25) is 4.79 Å². The number of aryl methyl sites for hydroxylation is 1. The Bertz CT molecular complexity index is 1260. The van der Waals surface area contributed by atoms with Crippen LogP contribution in [0.5, 0.6) is 5.75 Å². The first-order chi connectivity index (χ1) is 15.2. The molecule has 0 amide bonds. The number of benzene rings is 2. The molecule has 0 aliphatic rings. The van der Waals surface area contributed by atoms with Gasteiger partial charge in [-0.15, -0.1) is 0 Å². The first-order valence-corrected chi connectivity index (χ1v) is 11.8. The van der Waals surface area contributed by atoms with Gasteiger partial charge in [0.1, 0.15) is 11.6 Å². The minimum absolute atomic E-state index is 0.246. The third-order valence-electron chi connectivity index (χ3n) is 4.45. The zero-order chi connectivity index (χ0) is 23.4. The summed E-state index contributed by atoms with van der Waals surface area (Å²) in [5.74, 6) is 0.358. The largest absolute Gasteiger partial charge is 0.477 e. The van der Waals surface area contributed by atoms with Crippen LogP contribution < -0.4 is 10.3 Å². The first kappa shape index (κ1) is 24.4. The molecular weight excluding hydrogens is 566 g/mol. The van der Waals surface area contributed by atoms with Gasteiger partial charge in [-0.1, -0.05) is 34.5 Å². The fourth-order valence-corrected chi connectivity index (χ4v) is 4.24.